The highest BCUT2D eigenvalue weighted by molar-refractivity contribution is 5.77. The molecule has 0 unspecified atom stereocenters. The highest BCUT2D eigenvalue weighted by atomic mass is 16.5. The maximum atomic E-state index is 10.8. The lowest BCUT2D eigenvalue weighted by Crippen LogP contribution is -2.18. The zero-order chi connectivity index (χ0) is 11.4. The maximum absolute atomic E-state index is 10.8. The molecule has 0 aliphatic heterocycles. The first kappa shape index (κ1) is 10.2. The molecule has 2 aromatic rings. The van der Waals surface area contributed by atoms with E-state index in [0.29, 0.717) is 5.52 Å². The van der Waals surface area contributed by atoms with Gasteiger partial charge in [0.25, 0.3) is 0 Å². The van der Waals surface area contributed by atoms with Crippen LogP contribution in [0.25, 0.3) is 10.9 Å². The molecule has 0 aliphatic carbocycles. The molecular weight excluding hydrogens is 208 g/mol. The van der Waals surface area contributed by atoms with Crippen molar-refractivity contribution in [3.63, 3.8) is 0 Å². The van der Waals surface area contributed by atoms with E-state index in [1.165, 1.54) is 5.48 Å². The average Bonchev–Trinajstić information content (AvgIpc) is 2.52. The minimum absolute atomic E-state index is 0.128. The van der Waals surface area contributed by atoms with Crippen molar-refractivity contribution in [3.8, 4) is 0 Å². The van der Waals surface area contributed by atoms with Crippen LogP contribution in [-0.2, 0) is 0 Å². The van der Waals surface area contributed by atoms with E-state index < -0.39 is 6.03 Å². The van der Waals surface area contributed by atoms with Crippen LogP contribution in [-0.4, -0.2) is 21.4 Å². The topological polar surface area (TPSA) is 87.5 Å². The Labute approximate surface area is 90.3 Å². The Bertz CT molecular complexity index is 556. The van der Waals surface area contributed by atoms with Gasteiger partial charge in [0.05, 0.1) is 5.52 Å². The van der Waals surface area contributed by atoms with E-state index in [1.807, 2.05) is 18.2 Å². The number of nitrogens with one attached hydrogen (secondary N) is 1. The Balaban J connectivity index is 2.60. The van der Waals surface area contributed by atoms with Gasteiger partial charge in [-0.25, -0.2) is 10.3 Å². The molecule has 6 nitrogen and oxygen atoms in total. The minimum atomic E-state index is -0.885. The van der Waals surface area contributed by atoms with Gasteiger partial charge in [0.2, 0.25) is 0 Å². The molecule has 6 heteroatoms. The summed E-state index contributed by atoms with van der Waals surface area (Å²) in [5.74, 6) is 0. The molecule has 0 fully saturated rings. The molecule has 0 radical (unpaired) electrons. The number of carbonyl (C=O) groups excluding carboxylic acids is 1. The molecule has 16 heavy (non-hydrogen) atoms. The Morgan fingerprint density at radius 1 is 1.19 bits per heavy atom. The van der Waals surface area contributed by atoms with Crippen molar-refractivity contribution in [2.24, 2.45) is 4.99 Å². The molecule has 2 N–H and O–H groups in total. The first-order chi connectivity index (χ1) is 7.79. The van der Waals surface area contributed by atoms with Gasteiger partial charge < -0.3 is 0 Å². The number of benzene rings is 1. The molecule has 2 amide bonds. The molecule has 80 valence electrons. The van der Waals surface area contributed by atoms with E-state index in [2.05, 4.69) is 15.2 Å². The van der Waals surface area contributed by atoms with Gasteiger partial charge in [-0.3, -0.25) is 5.21 Å². The Morgan fingerprint density at radius 2 is 2.00 bits per heavy atom. The average molecular weight is 216 g/mol. The second kappa shape index (κ2) is 4.45. The molecule has 0 saturated carbocycles. The lowest BCUT2D eigenvalue weighted by atomic mass is 10.2. The Morgan fingerprint density at radius 3 is 2.81 bits per heavy atom. The molecule has 0 atom stereocenters. The number of hydrogen-bond donors (Lipinski definition) is 2. The van der Waals surface area contributed by atoms with E-state index in [9.17, 15) is 4.79 Å². The lowest BCUT2D eigenvalue weighted by Gasteiger charge is -1.85. The van der Waals surface area contributed by atoms with Crippen LogP contribution in [0.15, 0.2) is 41.4 Å². The molecule has 0 bridgehead atoms. The predicted octanol–water partition coefficient (Wildman–Crippen LogP) is 0.629. The van der Waals surface area contributed by atoms with Crippen molar-refractivity contribution in [2.75, 3.05) is 0 Å². The fourth-order valence-electron chi connectivity index (χ4n) is 1.21. The van der Waals surface area contributed by atoms with Gasteiger partial charge in [0, 0.05) is 5.39 Å². The van der Waals surface area contributed by atoms with Gasteiger partial charge in [-0.05, 0) is 18.2 Å². The van der Waals surface area contributed by atoms with E-state index in [-0.39, 0.29) is 5.49 Å². The molecule has 1 aromatic carbocycles. The largest absolute Gasteiger partial charge is 0.366 e. The molecule has 0 spiro atoms. The number of aromatic nitrogens is 2. The monoisotopic (exact) mass is 216 g/mol. The number of hydrogen-bond acceptors (Lipinski definition) is 4. The van der Waals surface area contributed by atoms with Crippen molar-refractivity contribution < 1.29 is 10.0 Å². The first-order valence-corrected chi connectivity index (χ1v) is 4.51. The van der Waals surface area contributed by atoms with Gasteiger partial charge in [0.1, 0.15) is 0 Å². The summed E-state index contributed by atoms with van der Waals surface area (Å²) in [6.07, 6.45) is 0. The van der Waals surface area contributed by atoms with Crippen LogP contribution in [0.2, 0.25) is 0 Å². The van der Waals surface area contributed by atoms with Gasteiger partial charge in [-0.2, -0.15) is 4.99 Å². The van der Waals surface area contributed by atoms with E-state index >= 15 is 0 Å². The summed E-state index contributed by atoms with van der Waals surface area (Å²) in [6, 6.07) is 9.81. The quantitative estimate of drug-likeness (QED) is 0.499. The predicted molar refractivity (Wildman–Crippen MR) is 55.4 cm³/mol. The number of nitrogens with zero attached hydrogens (tertiary/aromatic N) is 3. The zero-order valence-electron chi connectivity index (χ0n) is 8.16. The second-order valence-electron chi connectivity index (χ2n) is 2.98. The van der Waals surface area contributed by atoms with Crippen LogP contribution in [0.5, 0.6) is 0 Å². The smallest absolute Gasteiger partial charge is 0.287 e. The molecular formula is C10H8N4O2. The highest BCUT2D eigenvalue weighted by Gasteiger charge is 1.94. The van der Waals surface area contributed by atoms with E-state index in [1.54, 1.807) is 18.2 Å². The van der Waals surface area contributed by atoms with Crippen molar-refractivity contribution >= 4 is 16.9 Å². The fraction of sp³-hybridized carbons (Fsp3) is 0. The summed E-state index contributed by atoms with van der Waals surface area (Å²) in [5, 5.41) is 16.9. The van der Waals surface area contributed by atoms with Crippen molar-refractivity contribution in [1.29, 1.82) is 0 Å². The van der Waals surface area contributed by atoms with Crippen LogP contribution in [0.3, 0.4) is 0 Å². The fourth-order valence-corrected chi connectivity index (χ4v) is 1.21. The van der Waals surface area contributed by atoms with Gasteiger partial charge >= 0.3 is 6.03 Å². The van der Waals surface area contributed by atoms with E-state index in [4.69, 9.17) is 5.21 Å². The summed E-state index contributed by atoms with van der Waals surface area (Å²) < 4.78 is 0. The molecule has 0 saturated heterocycles. The summed E-state index contributed by atoms with van der Waals surface area (Å²) in [6.45, 7) is 0. The lowest BCUT2D eigenvalue weighted by molar-refractivity contribution is 0.168. The van der Waals surface area contributed by atoms with Crippen molar-refractivity contribution in [3.05, 3.63) is 41.9 Å². The standard InChI is InChI=1S/C10H8N4O2/c15-10(14-16)11-9-6-5-7-3-1-2-4-8(7)12-13-9/h1-6,16H,(H,14,15)/b11-9-. The number of amides is 2. The Kier molecular flexibility index (Phi) is 2.84. The van der Waals surface area contributed by atoms with Gasteiger partial charge in [-0.15, -0.1) is 10.2 Å². The first-order valence-electron chi connectivity index (χ1n) is 4.51. The molecule has 2 rings (SSSR count). The molecule has 1 heterocycles. The van der Waals surface area contributed by atoms with Gasteiger partial charge in [0.15, 0.2) is 5.49 Å². The van der Waals surface area contributed by atoms with Crippen LogP contribution in [0.1, 0.15) is 0 Å². The number of hydroxylamine groups is 1. The third-order valence-corrected chi connectivity index (χ3v) is 1.92. The number of rotatable bonds is 0. The van der Waals surface area contributed by atoms with E-state index in [0.717, 1.165) is 5.39 Å². The minimum Gasteiger partial charge on any atom is -0.287 e. The normalized spacial score (nSPS) is 11.4. The third kappa shape index (κ3) is 2.18. The van der Waals surface area contributed by atoms with Crippen LogP contribution >= 0.6 is 0 Å². The number of fused-ring (bicyclic) bond motifs is 1. The summed E-state index contributed by atoms with van der Waals surface area (Å²) in [7, 11) is 0. The van der Waals surface area contributed by atoms with Crippen LogP contribution in [0.4, 0.5) is 4.79 Å². The van der Waals surface area contributed by atoms with Crippen LogP contribution in [0, 0.1) is 0 Å². The highest BCUT2D eigenvalue weighted by Crippen LogP contribution is 2.05. The number of urea groups is 1. The number of carbonyl (C=O) groups is 1. The summed E-state index contributed by atoms with van der Waals surface area (Å²) >= 11 is 0. The summed E-state index contributed by atoms with van der Waals surface area (Å²) in [5.41, 5.74) is 2.22. The molecule has 0 aliphatic rings. The van der Waals surface area contributed by atoms with Gasteiger partial charge in [-0.1, -0.05) is 18.2 Å². The van der Waals surface area contributed by atoms with Crippen molar-refractivity contribution in [2.45, 2.75) is 0 Å². The SMILES string of the molecule is O=C(/N=c1/ccc2ccccc2nn1)NO. The zero-order valence-corrected chi connectivity index (χ0v) is 8.16. The molecule has 1 aromatic heterocycles. The maximum Gasteiger partial charge on any atom is 0.366 e. The van der Waals surface area contributed by atoms with Crippen molar-refractivity contribution in [1.82, 2.24) is 15.7 Å². The second-order valence-corrected chi connectivity index (χ2v) is 2.98. The Hall–Kier alpha value is -2.34. The van der Waals surface area contributed by atoms with Crippen LogP contribution < -0.4 is 11.0 Å². The summed E-state index contributed by atoms with van der Waals surface area (Å²) in [4.78, 5) is 14.2. The third-order valence-electron chi connectivity index (χ3n) is 1.92.